The van der Waals surface area contributed by atoms with Crippen molar-refractivity contribution in [1.82, 2.24) is 20.4 Å². The van der Waals surface area contributed by atoms with Gasteiger partial charge in [-0.2, -0.15) is 0 Å². The van der Waals surface area contributed by atoms with E-state index in [2.05, 4.69) is 61.3 Å². The van der Waals surface area contributed by atoms with Gasteiger partial charge in [-0.05, 0) is 125 Å². The number of rotatable bonds is 8. The number of Topliss-reactive ketones (excluding diaryl/α,β-unsaturated/α-hetero) is 1. The van der Waals surface area contributed by atoms with E-state index >= 15 is 0 Å². The molecule has 0 bridgehead atoms. The Kier molecular flexibility index (Phi) is 9.30. The number of carbonyl (C=O) groups is 2. The smallest absolute Gasteiger partial charge is 0.227 e. The number of hydrogen-bond donors (Lipinski definition) is 2. The van der Waals surface area contributed by atoms with E-state index in [0.29, 0.717) is 29.8 Å². The minimum atomic E-state index is -0.0870. The Labute approximate surface area is 279 Å². The average molecular weight is 637 g/mol. The second kappa shape index (κ2) is 12.9. The van der Waals surface area contributed by atoms with E-state index < -0.39 is 0 Å². The van der Waals surface area contributed by atoms with Crippen molar-refractivity contribution < 1.29 is 14.3 Å². The summed E-state index contributed by atoms with van der Waals surface area (Å²) in [5.74, 6) is 4.28. The van der Waals surface area contributed by atoms with Crippen LogP contribution in [0.4, 0.5) is 0 Å². The number of ketones is 1. The van der Waals surface area contributed by atoms with Crippen LogP contribution in [0.2, 0.25) is 0 Å². The molecule has 7 nitrogen and oxygen atoms in total. The minimum Gasteiger partial charge on any atom is -0.357 e. The lowest BCUT2D eigenvalue weighted by Gasteiger charge is -2.58. The van der Waals surface area contributed by atoms with Crippen LogP contribution in [-0.2, 0) is 14.3 Å². The lowest BCUT2D eigenvalue weighted by molar-refractivity contribution is -0.128. The van der Waals surface area contributed by atoms with E-state index in [9.17, 15) is 9.59 Å². The van der Waals surface area contributed by atoms with Crippen molar-refractivity contribution in [3.05, 3.63) is 11.6 Å². The van der Waals surface area contributed by atoms with E-state index in [0.717, 1.165) is 95.0 Å². The molecule has 0 aromatic rings. The Hall–Kier alpha value is -1.28. The molecule has 0 radical (unpaired) electrons. The molecule has 0 aromatic carbocycles. The Balaban J connectivity index is 0.905. The van der Waals surface area contributed by atoms with Gasteiger partial charge in [0.2, 0.25) is 5.91 Å². The van der Waals surface area contributed by atoms with E-state index in [1.807, 2.05) is 0 Å². The van der Waals surface area contributed by atoms with E-state index in [1.165, 1.54) is 38.5 Å². The fourth-order valence-electron chi connectivity index (χ4n) is 12.3. The Morgan fingerprint density at radius 3 is 2.59 bits per heavy atom. The lowest BCUT2D eigenvalue weighted by atomic mass is 9.46. The standard InChI is InChI=1S/C39H64N4O3/c1-26-11-16-39(40-25-26)27(2)36-34(46-39)24-33-31-10-9-28-22-29(12-14-37(28,3)32(31)13-15-38(33,36)4)41-35(45)23-30(44)8-6-7-17-43-20-18-42(5)19-21-43/h9,26-27,29,31-34,36,40H,6-8,10-25H2,1-5H3,(H,41,45)/t26-,27+,29+,31-,32+,33+,34+,36+,37+,38+,39-/m1/s1. The van der Waals surface area contributed by atoms with Crippen LogP contribution in [0, 0.1) is 46.3 Å². The molecule has 0 unspecified atom stereocenters. The predicted molar refractivity (Wildman–Crippen MR) is 183 cm³/mol. The van der Waals surface area contributed by atoms with Gasteiger partial charge < -0.3 is 19.9 Å². The van der Waals surface area contributed by atoms with Crippen molar-refractivity contribution in [2.24, 2.45) is 46.3 Å². The maximum absolute atomic E-state index is 12.9. The van der Waals surface area contributed by atoms with E-state index in [-0.39, 0.29) is 35.3 Å². The summed E-state index contributed by atoms with van der Waals surface area (Å²) in [6.45, 7) is 16.7. The normalized spacial score (nSPS) is 45.8. The largest absolute Gasteiger partial charge is 0.357 e. The number of nitrogens with one attached hydrogen (secondary N) is 2. The molecule has 46 heavy (non-hydrogen) atoms. The topological polar surface area (TPSA) is 73.9 Å². The molecule has 7 heteroatoms. The van der Waals surface area contributed by atoms with Crippen LogP contribution >= 0.6 is 0 Å². The summed E-state index contributed by atoms with van der Waals surface area (Å²) >= 11 is 0. The highest BCUT2D eigenvalue weighted by atomic mass is 16.5. The zero-order chi connectivity index (χ0) is 32.3. The van der Waals surface area contributed by atoms with Crippen molar-refractivity contribution in [3.63, 3.8) is 0 Å². The van der Waals surface area contributed by atoms with Gasteiger partial charge >= 0.3 is 0 Å². The molecule has 3 saturated heterocycles. The molecule has 6 fully saturated rings. The highest BCUT2D eigenvalue weighted by Gasteiger charge is 2.68. The zero-order valence-corrected chi connectivity index (χ0v) is 29.8. The van der Waals surface area contributed by atoms with Gasteiger partial charge in [-0.15, -0.1) is 0 Å². The van der Waals surface area contributed by atoms with Crippen LogP contribution in [0.25, 0.3) is 0 Å². The molecule has 2 N–H and O–H groups in total. The summed E-state index contributed by atoms with van der Waals surface area (Å²) in [4.78, 5) is 30.4. The molecule has 4 aliphatic carbocycles. The fourth-order valence-corrected chi connectivity index (χ4v) is 12.3. The molecule has 258 valence electrons. The molecule has 3 saturated carbocycles. The second-order valence-electron chi connectivity index (χ2n) is 17.7. The van der Waals surface area contributed by atoms with Crippen LogP contribution in [-0.4, -0.2) is 85.7 Å². The molecule has 1 spiro atoms. The summed E-state index contributed by atoms with van der Waals surface area (Å²) in [6, 6.07) is 0.171. The van der Waals surface area contributed by atoms with Crippen molar-refractivity contribution in [2.45, 2.75) is 129 Å². The summed E-state index contributed by atoms with van der Waals surface area (Å²) in [6.07, 6.45) is 16.2. The first kappa shape index (κ1) is 33.2. The molecule has 3 heterocycles. The van der Waals surface area contributed by atoms with Gasteiger partial charge in [-0.1, -0.05) is 39.3 Å². The highest BCUT2D eigenvalue weighted by Crippen LogP contribution is 2.70. The van der Waals surface area contributed by atoms with Gasteiger partial charge in [0.05, 0.1) is 12.5 Å². The first-order valence-electron chi connectivity index (χ1n) is 19.3. The molecule has 3 aliphatic heterocycles. The van der Waals surface area contributed by atoms with Crippen LogP contribution in [0.3, 0.4) is 0 Å². The lowest BCUT2D eigenvalue weighted by Crippen LogP contribution is -2.57. The molecule has 7 rings (SSSR count). The van der Waals surface area contributed by atoms with Crippen LogP contribution < -0.4 is 10.6 Å². The number of piperazine rings is 1. The van der Waals surface area contributed by atoms with Gasteiger partial charge in [-0.3, -0.25) is 14.9 Å². The van der Waals surface area contributed by atoms with Crippen molar-refractivity contribution in [2.75, 3.05) is 46.3 Å². The number of allylic oxidation sites excluding steroid dienone is 1. The van der Waals surface area contributed by atoms with E-state index in [4.69, 9.17) is 4.74 Å². The van der Waals surface area contributed by atoms with Crippen molar-refractivity contribution >= 4 is 11.7 Å². The summed E-state index contributed by atoms with van der Waals surface area (Å²) in [7, 11) is 2.18. The third kappa shape index (κ3) is 5.96. The number of amides is 1. The second-order valence-corrected chi connectivity index (χ2v) is 17.7. The fraction of sp³-hybridized carbons (Fsp3) is 0.897. The predicted octanol–water partition coefficient (Wildman–Crippen LogP) is 5.79. The van der Waals surface area contributed by atoms with Crippen LogP contribution in [0.1, 0.15) is 111 Å². The third-order valence-electron chi connectivity index (χ3n) is 15.1. The first-order chi connectivity index (χ1) is 22.0. The molecule has 1 amide bonds. The number of carbonyl (C=O) groups excluding carboxylic acids is 2. The highest BCUT2D eigenvalue weighted by molar-refractivity contribution is 5.98. The minimum absolute atomic E-state index is 0.0466. The van der Waals surface area contributed by atoms with Gasteiger partial charge in [0.25, 0.3) is 0 Å². The summed E-state index contributed by atoms with van der Waals surface area (Å²) < 4.78 is 7.08. The molecule has 0 aromatic heterocycles. The number of likely N-dealkylation sites (N-methyl/N-ethyl adjacent to an activating group) is 1. The number of unbranched alkanes of at least 4 members (excludes halogenated alkanes) is 1. The number of piperidine rings is 1. The van der Waals surface area contributed by atoms with Crippen molar-refractivity contribution in [1.29, 1.82) is 0 Å². The van der Waals surface area contributed by atoms with Crippen LogP contribution in [0.5, 0.6) is 0 Å². The number of hydrogen-bond acceptors (Lipinski definition) is 6. The van der Waals surface area contributed by atoms with Crippen LogP contribution in [0.15, 0.2) is 11.6 Å². The van der Waals surface area contributed by atoms with Crippen molar-refractivity contribution in [3.8, 4) is 0 Å². The van der Waals surface area contributed by atoms with Gasteiger partial charge in [0, 0.05) is 51.1 Å². The Bertz CT molecular complexity index is 1170. The monoisotopic (exact) mass is 636 g/mol. The third-order valence-corrected chi connectivity index (χ3v) is 15.1. The first-order valence-corrected chi connectivity index (χ1v) is 19.3. The van der Waals surface area contributed by atoms with Gasteiger partial charge in [0.1, 0.15) is 11.5 Å². The Morgan fingerprint density at radius 2 is 1.83 bits per heavy atom. The number of nitrogens with zero attached hydrogens (tertiary/aromatic N) is 2. The SMILES string of the molecule is C[C@@H]1CC[C@@]2(NC1)O[C@H]1C[C@H]3[C@@H]4CC=C5C[C@@H](NC(=O)CC(=O)CCCCN6CCN(C)CC6)CC[C@]5(C)[C@H]4CC[C@]3(C)[C@H]1[C@@H]2C. The summed E-state index contributed by atoms with van der Waals surface area (Å²) in [5, 5.41) is 7.19. The number of ether oxygens (including phenoxy) is 1. The average Bonchev–Trinajstić information content (AvgIpc) is 3.47. The maximum Gasteiger partial charge on any atom is 0.227 e. The zero-order valence-electron chi connectivity index (χ0n) is 29.8. The van der Waals surface area contributed by atoms with Gasteiger partial charge in [0.15, 0.2) is 0 Å². The Morgan fingerprint density at radius 1 is 1.02 bits per heavy atom. The molecule has 7 aliphatic rings. The molecular weight excluding hydrogens is 572 g/mol. The van der Waals surface area contributed by atoms with E-state index in [1.54, 1.807) is 5.57 Å². The summed E-state index contributed by atoms with van der Waals surface area (Å²) in [5.41, 5.74) is 2.13. The quantitative estimate of drug-likeness (QED) is 0.200. The molecule has 11 atom stereocenters. The number of fused-ring (bicyclic) bond motifs is 7. The maximum atomic E-state index is 12.9. The molecular formula is C39H64N4O3. The van der Waals surface area contributed by atoms with Gasteiger partial charge in [-0.25, -0.2) is 0 Å².